The molecule has 2 fully saturated rings. The molecule has 0 aromatic heterocycles. The summed E-state index contributed by atoms with van der Waals surface area (Å²) in [5, 5.41) is 13.6. The molecular weight excluding hydrogens is 380 g/mol. The normalized spacial score (nSPS) is 31.4. The van der Waals surface area contributed by atoms with Crippen LogP contribution < -0.4 is 5.32 Å². The van der Waals surface area contributed by atoms with Crippen LogP contribution in [0.25, 0.3) is 0 Å². The predicted octanol–water partition coefficient (Wildman–Crippen LogP) is 3.63. The lowest BCUT2D eigenvalue weighted by atomic mass is 9.66. The SMILES string of the molecule is COCCC(=O)N[C@]1(C)C[C@H](c2ccc(O)c(CN(C)C)c2)O[C@@H]2C[C@H](C)CC[C@H]21. The van der Waals surface area contributed by atoms with Gasteiger partial charge in [-0.15, -0.1) is 0 Å². The number of hydrogen-bond donors (Lipinski definition) is 2. The van der Waals surface area contributed by atoms with Crippen LogP contribution in [-0.2, 0) is 20.8 Å². The number of aromatic hydroxyl groups is 1. The van der Waals surface area contributed by atoms with Crippen LogP contribution in [0.15, 0.2) is 18.2 Å². The smallest absolute Gasteiger partial charge is 0.222 e. The minimum absolute atomic E-state index is 0.0383. The molecule has 0 unspecified atom stereocenters. The maximum Gasteiger partial charge on any atom is 0.222 e. The molecule has 6 heteroatoms. The van der Waals surface area contributed by atoms with Crippen molar-refractivity contribution in [3.8, 4) is 5.75 Å². The van der Waals surface area contributed by atoms with E-state index >= 15 is 0 Å². The summed E-state index contributed by atoms with van der Waals surface area (Å²) in [5.74, 6) is 1.29. The Morgan fingerprint density at radius 1 is 1.37 bits per heavy atom. The molecule has 1 heterocycles. The Balaban J connectivity index is 1.86. The molecule has 168 valence electrons. The second-order valence-electron chi connectivity index (χ2n) is 9.73. The Bertz CT molecular complexity index is 738. The van der Waals surface area contributed by atoms with E-state index in [2.05, 4.69) is 25.2 Å². The van der Waals surface area contributed by atoms with E-state index < -0.39 is 0 Å². The second-order valence-corrected chi connectivity index (χ2v) is 9.73. The Labute approximate surface area is 180 Å². The quantitative estimate of drug-likeness (QED) is 0.708. The van der Waals surface area contributed by atoms with Crippen molar-refractivity contribution in [2.75, 3.05) is 27.8 Å². The van der Waals surface area contributed by atoms with E-state index in [9.17, 15) is 9.90 Å². The highest BCUT2D eigenvalue weighted by Gasteiger charge is 2.49. The fourth-order valence-electron chi connectivity index (χ4n) is 5.19. The molecule has 1 aliphatic heterocycles. The van der Waals surface area contributed by atoms with E-state index in [1.807, 2.05) is 25.1 Å². The molecule has 1 saturated heterocycles. The van der Waals surface area contributed by atoms with Gasteiger partial charge in [-0.05, 0) is 57.5 Å². The molecule has 3 rings (SSSR count). The maximum absolute atomic E-state index is 12.6. The first kappa shape index (κ1) is 23.0. The van der Waals surface area contributed by atoms with Crippen LogP contribution in [0.3, 0.4) is 0 Å². The van der Waals surface area contributed by atoms with Gasteiger partial charge in [-0.2, -0.15) is 0 Å². The van der Waals surface area contributed by atoms with Crippen molar-refractivity contribution in [1.82, 2.24) is 10.2 Å². The van der Waals surface area contributed by atoms with E-state index in [1.165, 1.54) is 6.42 Å². The minimum Gasteiger partial charge on any atom is -0.508 e. The number of phenolic OH excluding ortho intramolecular Hbond substituents is 1. The number of rotatable bonds is 7. The first-order chi connectivity index (χ1) is 14.2. The predicted molar refractivity (Wildman–Crippen MR) is 117 cm³/mol. The van der Waals surface area contributed by atoms with Gasteiger partial charge in [0.2, 0.25) is 5.91 Å². The van der Waals surface area contributed by atoms with Crippen LogP contribution in [0.2, 0.25) is 0 Å². The first-order valence-electron chi connectivity index (χ1n) is 11.1. The number of carbonyl (C=O) groups is 1. The van der Waals surface area contributed by atoms with Crippen LogP contribution in [0.4, 0.5) is 0 Å². The highest BCUT2D eigenvalue weighted by molar-refractivity contribution is 5.77. The van der Waals surface area contributed by atoms with Gasteiger partial charge in [0.05, 0.1) is 18.8 Å². The van der Waals surface area contributed by atoms with Crippen LogP contribution in [-0.4, -0.2) is 55.4 Å². The van der Waals surface area contributed by atoms with Gasteiger partial charge in [-0.1, -0.05) is 19.4 Å². The number of ether oxygens (including phenoxy) is 2. The average Bonchev–Trinajstić information content (AvgIpc) is 2.67. The molecule has 2 N–H and O–H groups in total. The fraction of sp³-hybridized carbons (Fsp3) is 0.708. The third-order valence-electron chi connectivity index (χ3n) is 6.74. The Hall–Kier alpha value is -1.63. The minimum atomic E-state index is -0.321. The van der Waals surface area contributed by atoms with Gasteiger partial charge >= 0.3 is 0 Å². The topological polar surface area (TPSA) is 71.0 Å². The van der Waals surface area contributed by atoms with Gasteiger partial charge in [0, 0.05) is 43.5 Å². The van der Waals surface area contributed by atoms with Crippen molar-refractivity contribution in [3.05, 3.63) is 29.3 Å². The lowest BCUT2D eigenvalue weighted by Gasteiger charge is -2.52. The molecule has 0 spiro atoms. The van der Waals surface area contributed by atoms with Crippen LogP contribution >= 0.6 is 0 Å². The van der Waals surface area contributed by atoms with Crippen molar-refractivity contribution in [2.24, 2.45) is 11.8 Å². The van der Waals surface area contributed by atoms with Crippen molar-refractivity contribution in [1.29, 1.82) is 0 Å². The number of phenols is 1. The number of benzene rings is 1. The molecule has 1 aliphatic carbocycles. The van der Waals surface area contributed by atoms with Gasteiger partial charge in [0.25, 0.3) is 0 Å². The van der Waals surface area contributed by atoms with Crippen LogP contribution in [0.5, 0.6) is 5.75 Å². The standard InChI is InChI=1S/C24H38N2O4/c1-16-6-8-19-21(12-16)30-22(14-24(19,2)25-23(28)10-11-29-5)17-7-9-20(27)18(13-17)15-26(3)4/h7,9,13,16,19,21-22,27H,6,8,10-12,14-15H2,1-5H3,(H,25,28)/t16-,19-,21-,22-,24-/m1/s1. The summed E-state index contributed by atoms with van der Waals surface area (Å²) in [6.45, 7) is 5.56. The average molecular weight is 419 g/mol. The summed E-state index contributed by atoms with van der Waals surface area (Å²) < 4.78 is 11.7. The fourth-order valence-corrected chi connectivity index (χ4v) is 5.19. The molecule has 6 nitrogen and oxygen atoms in total. The molecule has 2 aliphatic rings. The van der Waals surface area contributed by atoms with Gasteiger partial charge in [0.15, 0.2) is 0 Å². The van der Waals surface area contributed by atoms with Crippen molar-refractivity contribution in [3.63, 3.8) is 0 Å². The number of hydrogen-bond acceptors (Lipinski definition) is 5. The summed E-state index contributed by atoms with van der Waals surface area (Å²) in [7, 11) is 5.60. The van der Waals surface area contributed by atoms with Crippen molar-refractivity contribution < 1.29 is 19.4 Å². The van der Waals surface area contributed by atoms with Crippen LogP contribution in [0, 0.1) is 11.8 Å². The van der Waals surface area contributed by atoms with Crippen molar-refractivity contribution >= 4 is 5.91 Å². The third kappa shape index (κ3) is 5.34. The largest absolute Gasteiger partial charge is 0.508 e. The number of amides is 1. The van der Waals surface area contributed by atoms with E-state index in [0.29, 0.717) is 37.2 Å². The molecule has 0 radical (unpaired) electrons. The third-order valence-corrected chi connectivity index (χ3v) is 6.74. The highest BCUT2D eigenvalue weighted by Crippen LogP contribution is 2.48. The summed E-state index contributed by atoms with van der Waals surface area (Å²) in [4.78, 5) is 14.6. The van der Waals surface area contributed by atoms with Crippen molar-refractivity contribution in [2.45, 2.75) is 70.2 Å². The Morgan fingerprint density at radius 3 is 2.83 bits per heavy atom. The zero-order valence-corrected chi connectivity index (χ0v) is 19.1. The molecule has 1 aromatic rings. The number of carbonyl (C=O) groups excluding carboxylic acids is 1. The number of nitrogens with one attached hydrogen (secondary N) is 1. The van der Waals surface area contributed by atoms with E-state index in [0.717, 1.165) is 30.4 Å². The maximum atomic E-state index is 12.6. The zero-order chi connectivity index (χ0) is 21.9. The molecule has 30 heavy (non-hydrogen) atoms. The highest BCUT2D eigenvalue weighted by atomic mass is 16.5. The Kier molecular flexibility index (Phi) is 7.43. The molecule has 0 bridgehead atoms. The zero-order valence-electron chi connectivity index (χ0n) is 19.1. The van der Waals surface area contributed by atoms with Gasteiger partial charge in [0.1, 0.15) is 5.75 Å². The summed E-state index contributed by atoms with van der Waals surface area (Å²) in [5.41, 5.74) is 1.64. The number of fused-ring (bicyclic) bond motifs is 1. The van der Waals surface area contributed by atoms with Gasteiger partial charge < -0.3 is 24.8 Å². The Morgan fingerprint density at radius 2 is 2.13 bits per heavy atom. The molecular formula is C24H38N2O4. The molecule has 1 amide bonds. The lowest BCUT2D eigenvalue weighted by molar-refractivity contribution is -0.154. The lowest BCUT2D eigenvalue weighted by Crippen LogP contribution is -2.60. The van der Waals surface area contributed by atoms with Crippen LogP contribution in [0.1, 0.15) is 63.2 Å². The summed E-state index contributed by atoms with van der Waals surface area (Å²) in [6, 6.07) is 5.78. The van der Waals surface area contributed by atoms with E-state index in [1.54, 1.807) is 13.2 Å². The van der Waals surface area contributed by atoms with E-state index in [4.69, 9.17) is 9.47 Å². The van der Waals surface area contributed by atoms with Gasteiger partial charge in [-0.25, -0.2) is 0 Å². The van der Waals surface area contributed by atoms with E-state index in [-0.39, 0.29) is 23.7 Å². The number of nitrogens with zero attached hydrogens (tertiary/aromatic N) is 1. The molecule has 1 saturated carbocycles. The van der Waals surface area contributed by atoms with Gasteiger partial charge in [-0.3, -0.25) is 4.79 Å². The number of methoxy groups -OCH3 is 1. The second kappa shape index (κ2) is 9.67. The molecule has 5 atom stereocenters. The first-order valence-corrected chi connectivity index (χ1v) is 11.1. The monoisotopic (exact) mass is 418 g/mol. The molecule has 1 aromatic carbocycles. The summed E-state index contributed by atoms with van der Waals surface area (Å²) in [6.07, 6.45) is 4.39. The summed E-state index contributed by atoms with van der Waals surface area (Å²) >= 11 is 0.